The van der Waals surface area contributed by atoms with Crippen molar-refractivity contribution in [3.63, 3.8) is 0 Å². The van der Waals surface area contributed by atoms with Gasteiger partial charge >= 0.3 is 0 Å². The number of hydrogen-bond acceptors (Lipinski definition) is 2. The lowest BCUT2D eigenvalue weighted by Gasteiger charge is -1.99. The van der Waals surface area contributed by atoms with Gasteiger partial charge in [-0.05, 0) is 12.1 Å². The lowest BCUT2D eigenvalue weighted by molar-refractivity contribution is 0.112. The number of rotatable bonds is 2. The fourth-order valence-corrected chi connectivity index (χ4v) is 1.56. The molecule has 0 fully saturated rings. The van der Waals surface area contributed by atoms with Crippen molar-refractivity contribution < 1.29 is 4.79 Å². The molecule has 14 heavy (non-hydrogen) atoms. The first-order chi connectivity index (χ1) is 6.86. The molecule has 1 aromatic heterocycles. The molecule has 0 bridgehead atoms. The van der Waals surface area contributed by atoms with Gasteiger partial charge < -0.3 is 4.57 Å². The van der Waals surface area contributed by atoms with Crippen molar-refractivity contribution in [2.45, 2.75) is 6.54 Å². The van der Waals surface area contributed by atoms with Crippen LogP contribution in [0.5, 0.6) is 0 Å². The van der Waals surface area contributed by atoms with Gasteiger partial charge in [0.2, 0.25) is 0 Å². The Balaban J connectivity index is 2.70. The van der Waals surface area contributed by atoms with Crippen LogP contribution in [0.3, 0.4) is 0 Å². The van der Waals surface area contributed by atoms with E-state index in [1.807, 2.05) is 29.0 Å². The van der Waals surface area contributed by atoms with Gasteiger partial charge in [0.05, 0.1) is 6.07 Å². The Kier molecular flexibility index (Phi) is 2.04. The Morgan fingerprint density at radius 1 is 1.43 bits per heavy atom. The van der Waals surface area contributed by atoms with E-state index in [4.69, 9.17) is 5.26 Å². The summed E-state index contributed by atoms with van der Waals surface area (Å²) in [4.78, 5) is 10.7. The van der Waals surface area contributed by atoms with Gasteiger partial charge in [-0.25, -0.2) is 0 Å². The molecule has 0 radical (unpaired) electrons. The Morgan fingerprint density at radius 2 is 2.29 bits per heavy atom. The summed E-state index contributed by atoms with van der Waals surface area (Å²) < 4.78 is 1.82. The van der Waals surface area contributed by atoms with Gasteiger partial charge in [-0.15, -0.1) is 0 Å². The van der Waals surface area contributed by atoms with Crippen molar-refractivity contribution >= 4 is 17.2 Å². The Hall–Kier alpha value is -2.08. The molecule has 0 aliphatic rings. The number of carbonyl (C=O) groups excluding carboxylic acids is 1. The quantitative estimate of drug-likeness (QED) is 0.670. The van der Waals surface area contributed by atoms with E-state index < -0.39 is 0 Å². The number of aldehydes is 1. The third-order valence-corrected chi connectivity index (χ3v) is 2.22. The topological polar surface area (TPSA) is 45.8 Å². The van der Waals surface area contributed by atoms with Crippen LogP contribution in [0.25, 0.3) is 10.9 Å². The molecule has 0 aliphatic carbocycles. The van der Waals surface area contributed by atoms with E-state index in [0.29, 0.717) is 12.1 Å². The number of benzene rings is 1. The Morgan fingerprint density at radius 3 is 3.00 bits per heavy atom. The number of hydrogen-bond donors (Lipinski definition) is 0. The smallest absolute Gasteiger partial charge is 0.150 e. The summed E-state index contributed by atoms with van der Waals surface area (Å²) in [5, 5.41) is 9.48. The largest absolute Gasteiger partial charge is 0.334 e. The van der Waals surface area contributed by atoms with Gasteiger partial charge in [0.25, 0.3) is 0 Å². The number of fused-ring (bicyclic) bond motifs is 1. The normalized spacial score (nSPS) is 9.93. The number of carbonyl (C=O) groups is 1. The summed E-state index contributed by atoms with van der Waals surface area (Å²) >= 11 is 0. The first-order valence-electron chi connectivity index (χ1n) is 4.27. The summed E-state index contributed by atoms with van der Waals surface area (Å²) in [5.74, 6) is 0. The average Bonchev–Trinajstić information content (AvgIpc) is 2.62. The van der Waals surface area contributed by atoms with Crippen molar-refractivity contribution in [3.8, 4) is 6.07 Å². The second kappa shape index (κ2) is 3.35. The van der Waals surface area contributed by atoms with Crippen LogP contribution in [0.2, 0.25) is 0 Å². The molecule has 1 aromatic carbocycles. The van der Waals surface area contributed by atoms with Gasteiger partial charge in [0.15, 0.2) is 6.29 Å². The first-order valence-corrected chi connectivity index (χ1v) is 4.27. The molecule has 2 rings (SSSR count). The van der Waals surface area contributed by atoms with Crippen LogP contribution in [0.4, 0.5) is 0 Å². The van der Waals surface area contributed by atoms with Crippen LogP contribution in [0.1, 0.15) is 10.4 Å². The third kappa shape index (κ3) is 1.17. The second-order valence-corrected chi connectivity index (χ2v) is 3.00. The molecule has 0 N–H and O–H groups in total. The molecular weight excluding hydrogens is 176 g/mol. The summed E-state index contributed by atoms with van der Waals surface area (Å²) in [6, 6.07) is 9.42. The molecule has 3 heteroatoms. The lowest BCUT2D eigenvalue weighted by atomic mass is 10.1. The minimum absolute atomic E-state index is 0.311. The zero-order valence-electron chi connectivity index (χ0n) is 7.47. The molecule has 3 nitrogen and oxygen atoms in total. The van der Waals surface area contributed by atoms with E-state index in [2.05, 4.69) is 6.07 Å². The molecule has 1 heterocycles. The van der Waals surface area contributed by atoms with Crippen LogP contribution in [0.15, 0.2) is 30.5 Å². The standard InChI is InChI=1S/C11H8N2O/c12-5-7-13-6-4-10-9(8-14)2-1-3-11(10)13/h1-4,6,8H,7H2. The second-order valence-electron chi connectivity index (χ2n) is 3.00. The molecule has 0 aliphatic heterocycles. The van der Waals surface area contributed by atoms with Crippen LogP contribution in [-0.2, 0) is 6.54 Å². The van der Waals surface area contributed by atoms with Gasteiger partial charge in [-0.2, -0.15) is 5.26 Å². The summed E-state index contributed by atoms with van der Waals surface area (Å²) in [6.45, 7) is 0.311. The number of aromatic nitrogens is 1. The molecule has 0 atom stereocenters. The van der Waals surface area contributed by atoms with E-state index in [-0.39, 0.29) is 0 Å². The van der Waals surface area contributed by atoms with E-state index in [0.717, 1.165) is 17.2 Å². The number of nitriles is 1. The van der Waals surface area contributed by atoms with Gasteiger partial charge in [-0.3, -0.25) is 4.79 Å². The van der Waals surface area contributed by atoms with Gasteiger partial charge in [0.1, 0.15) is 6.54 Å². The SMILES string of the molecule is N#CCn1ccc2c(C=O)cccc21. The van der Waals surface area contributed by atoms with E-state index in [1.54, 1.807) is 6.07 Å². The van der Waals surface area contributed by atoms with Crippen LogP contribution in [-0.4, -0.2) is 10.9 Å². The molecule has 0 unspecified atom stereocenters. The monoisotopic (exact) mass is 184 g/mol. The predicted molar refractivity (Wildman–Crippen MR) is 52.9 cm³/mol. The summed E-state index contributed by atoms with van der Waals surface area (Å²) in [7, 11) is 0. The van der Waals surface area contributed by atoms with E-state index in [1.165, 1.54) is 0 Å². The maximum Gasteiger partial charge on any atom is 0.150 e. The molecule has 0 saturated carbocycles. The lowest BCUT2D eigenvalue weighted by Crippen LogP contribution is -1.92. The zero-order chi connectivity index (χ0) is 9.97. The molecule has 0 spiro atoms. The molecule has 0 saturated heterocycles. The molecule has 0 amide bonds. The highest BCUT2D eigenvalue weighted by molar-refractivity contribution is 5.97. The van der Waals surface area contributed by atoms with Crippen molar-refractivity contribution in [3.05, 3.63) is 36.0 Å². The molecule has 2 aromatic rings. The van der Waals surface area contributed by atoms with E-state index >= 15 is 0 Å². The highest BCUT2D eigenvalue weighted by Gasteiger charge is 2.03. The fourth-order valence-electron chi connectivity index (χ4n) is 1.56. The predicted octanol–water partition coefficient (Wildman–Crippen LogP) is 1.98. The summed E-state index contributed by atoms with van der Waals surface area (Å²) in [5.41, 5.74) is 1.59. The van der Waals surface area contributed by atoms with Crippen LogP contribution >= 0.6 is 0 Å². The molecular formula is C11H8N2O. The van der Waals surface area contributed by atoms with Crippen molar-refractivity contribution in [2.75, 3.05) is 0 Å². The van der Waals surface area contributed by atoms with Crippen LogP contribution in [0, 0.1) is 11.3 Å². The van der Waals surface area contributed by atoms with Crippen molar-refractivity contribution in [1.82, 2.24) is 4.57 Å². The maximum atomic E-state index is 10.7. The summed E-state index contributed by atoms with van der Waals surface area (Å²) in [6.07, 6.45) is 2.65. The van der Waals surface area contributed by atoms with Gasteiger partial charge in [0, 0.05) is 22.7 Å². The van der Waals surface area contributed by atoms with Crippen LogP contribution < -0.4 is 0 Å². The fraction of sp³-hybridized carbons (Fsp3) is 0.0909. The van der Waals surface area contributed by atoms with E-state index in [9.17, 15) is 4.79 Å². The first kappa shape index (κ1) is 8.52. The minimum atomic E-state index is 0.311. The highest BCUT2D eigenvalue weighted by atomic mass is 16.1. The van der Waals surface area contributed by atoms with Gasteiger partial charge in [-0.1, -0.05) is 12.1 Å². The minimum Gasteiger partial charge on any atom is -0.334 e. The average molecular weight is 184 g/mol. The maximum absolute atomic E-state index is 10.7. The Bertz CT molecular complexity index is 520. The third-order valence-electron chi connectivity index (χ3n) is 2.22. The molecule has 68 valence electrons. The number of nitrogens with zero attached hydrogens (tertiary/aromatic N) is 2. The Labute approximate surface area is 81.2 Å². The van der Waals surface area contributed by atoms with Crippen molar-refractivity contribution in [1.29, 1.82) is 5.26 Å². The highest BCUT2D eigenvalue weighted by Crippen LogP contribution is 2.18. The zero-order valence-corrected chi connectivity index (χ0v) is 7.47. The van der Waals surface area contributed by atoms with Crippen molar-refractivity contribution in [2.24, 2.45) is 0 Å².